The summed E-state index contributed by atoms with van der Waals surface area (Å²) in [5.74, 6) is 1.52. The van der Waals surface area contributed by atoms with Gasteiger partial charge in [-0.25, -0.2) is 0 Å². The Morgan fingerprint density at radius 3 is 2.50 bits per heavy atom. The van der Waals surface area contributed by atoms with E-state index >= 15 is 0 Å². The highest BCUT2D eigenvalue weighted by Crippen LogP contribution is 2.15. The van der Waals surface area contributed by atoms with Crippen molar-refractivity contribution in [1.82, 2.24) is 20.4 Å². The number of rotatable bonds is 8. The normalized spacial score (nSPS) is 12.6. The highest BCUT2D eigenvalue weighted by atomic mass is 127. The zero-order valence-electron chi connectivity index (χ0n) is 16.3. The third-order valence-electron chi connectivity index (χ3n) is 4.12. The Balaban J connectivity index is 0.00000338. The van der Waals surface area contributed by atoms with E-state index < -0.39 is 0 Å². The van der Waals surface area contributed by atoms with Gasteiger partial charge in [0.25, 0.3) is 0 Å². The van der Waals surface area contributed by atoms with Gasteiger partial charge >= 0.3 is 0 Å². The van der Waals surface area contributed by atoms with Crippen molar-refractivity contribution in [2.24, 2.45) is 10.9 Å². The lowest BCUT2D eigenvalue weighted by Crippen LogP contribution is -2.39. The average molecular weight is 469 g/mol. The van der Waals surface area contributed by atoms with Crippen molar-refractivity contribution < 1.29 is 0 Å². The Labute approximate surface area is 174 Å². The number of aromatic nitrogens is 2. The predicted octanol–water partition coefficient (Wildman–Crippen LogP) is 4.02. The maximum atomic E-state index is 4.32. The second-order valence-electron chi connectivity index (χ2n) is 6.83. The maximum Gasteiger partial charge on any atom is 0.191 e. The van der Waals surface area contributed by atoms with Crippen molar-refractivity contribution in [3.8, 4) is 0 Å². The van der Waals surface area contributed by atoms with E-state index in [0.29, 0.717) is 5.92 Å². The number of benzene rings is 1. The number of halogens is 1. The Morgan fingerprint density at radius 2 is 1.92 bits per heavy atom. The summed E-state index contributed by atoms with van der Waals surface area (Å²) in [6.45, 7) is 8.43. The molecule has 1 atom stereocenters. The first-order chi connectivity index (χ1) is 12.1. The molecular weight excluding hydrogens is 437 g/mol. The second kappa shape index (κ2) is 11.9. The number of aliphatic imine (C=N–C) groups is 1. The van der Waals surface area contributed by atoms with Gasteiger partial charge < -0.3 is 10.6 Å². The minimum absolute atomic E-state index is 0. The zero-order valence-corrected chi connectivity index (χ0v) is 18.6. The molecule has 0 radical (unpaired) electrons. The van der Waals surface area contributed by atoms with Gasteiger partial charge in [0.1, 0.15) is 0 Å². The average Bonchev–Trinajstić information content (AvgIpc) is 3.11. The molecule has 2 rings (SSSR count). The highest BCUT2D eigenvalue weighted by Gasteiger charge is 2.08. The Hall–Kier alpha value is -1.57. The molecule has 0 amide bonds. The molecule has 1 aromatic carbocycles. The molecule has 1 unspecified atom stereocenters. The number of hydrogen-bond acceptors (Lipinski definition) is 2. The van der Waals surface area contributed by atoms with Crippen LogP contribution < -0.4 is 10.6 Å². The number of guanidine groups is 1. The fourth-order valence-electron chi connectivity index (χ4n) is 2.78. The van der Waals surface area contributed by atoms with Crippen LogP contribution in [0.25, 0.3) is 0 Å². The van der Waals surface area contributed by atoms with Crippen LogP contribution in [0.5, 0.6) is 0 Å². The van der Waals surface area contributed by atoms with Gasteiger partial charge in [0.15, 0.2) is 5.96 Å². The molecule has 0 aliphatic carbocycles. The number of nitrogens with zero attached hydrogens (tertiary/aromatic N) is 3. The number of nitrogens with one attached hydrogen (secondary N) is 2. The van der Waals surface area contributed by atoms with Gasteiger partial charge in [0.2, 0.25) is 0 Å². The summed E-state index contributed by atoms with van der Waals surface area (Å²) in [7, 11) is 1.81. The molecule has 0 spiro atoms. The summed E-state index contributed by atoms with van der Waals surface area (Å²) in [4.78, 5) is 4.32. The molecule has 6 heteroatoms. The topological polar surface area (TPSA) is 54.2 Å². The van der Waals surface area contributed by atoms with E-state index in [1.165, 1.54) is 11.1 Å². The van der Waals surface area contributed by atoms with Gasteiger partial charge in [-0.2, -0.15) is 5.10 Å². The van der Waals surface area contributed by atoms with Gasteiger partial charge in [-0.3, -0.25) is 9.67 Å². The molecule has 1 aromatic heterocycles. The van der Waals surface area contributed by atoms with Gasteiger partial charge in [0.05, 0.1) is 6.04 Å². The molecule has 0 aliphatic rings. The molecule has 26 heavy (non-hydrogen) atoms. The Bertz CT molecular complexity index is 635. The van der Waals surface area contributed by atoms with Crippen molar-refractivity contribution in [2.45, 2.75) is 46.2 Å². The van der Waals surface area contributed by atoms with Crippen LogP contribution >= 0.6 is 24.0 Å². The highest BCUT2D eigenvalue weighted by molar-refractivity contribution is 14.0. The van der Waals surface area contributed by atoms with Crippen molar-refractivity contribution in [2.75, 3.05) is 13.6 Å². The molecule has 0 saturated carbocycles. The van der Waals surface area contributed by atoms with E-state index in [4.69, 9.17) is 0 Å². The van der Waals surface area contributed by atoms with E-state index in [1.54, 1.807) is 7.05 Å². The summed E-state index contributed by atoms with van der Waals surface area (Å²) >= 11 is 0. The van der Waals surface area contributed by atoms with Crippen molar-refractivity contribution in [1.29, 1.82) is 0 Å². The van der Waals surface area contributed by atoms with E-state index in [1.807, 2.05) is 23.1 Å². The largest absolute Gasteiger partial charge is 0.356 e. The molecule has 0 fully saturated rings. The zero-order chi connectivity index (χ0) is 18.1. The number of hydrogen-bond donors (Lipinski definition) is 2. The SMILES string of the molecule is CN=C(NCCCn1cccn1)NC(C)c1ccc(CC(C)C)cc1.I. The fourth-order valence-corrected chi connectivity index (χ4v) is 2.78. The lowest BCUT2D eigenvalue weighted by molar-refractivity contribution is 0.567. The first-order valence-electron chi connectivity index (χ1n) is 9.12. The molecule has 2 aromatic rings. The summed E-state index contributed by atoms with van der Waals surface area (Å²) in [5.41, 5.74) is 2.67. The van der Waals surface area contributed by atoms with Crippen LogP contribution in [0.15, 0.2) is 47.7 Å². The number of aryl methyl sites for hydroxylation is 1. The molecule has 0 bridgehead atoms. The summed E-state index contributed by atoms with van der Waals surface area (Å²) < 4.78 is 1.94. The van der Waals surface area contributed by atoms with Crippen LogP contribution in [0.1, 0.15) is 44.4 Å². The maximum absolute atomic E-state index is 4.32. The molecule has 2 N–H and O–H groups in total. The summed E-state index contributed by atoms with van der Waals surface area (Å²) in [5, 5.41) is 11.0. The van der Waals surface area contributed by atoms with Gasteiger partial charge in [-0.05, 0) is 42.9 Å². The van der Waals surface area contributed by atoms with Crippen LogP contribution in [-0.4, -0.2) is 29.3 Å². The lowest BCUT2D eigenvalue weighted by Gasteiger charge is -2.19. The molecule has 0 saturated heterocycles. The minimum Gasteiger partial charge on any atom is -0.356 e. The van der Waals surface area contributed by atoms with E-state index in [0.717, 1.165) is 31.9 Å². The monoisotopic (exact) mass is 469 g/mol. The quantitative estimate of drug-likeness (QED) is 0.266. The van der Waals surface area contributed by atoms with E-state index in [2.05, 4.69) is 65.8 Å². The van der Waals surface area contributed by atoms with Crippen LogP contribution in [-0.2, 0) is 13.0 Å². The van der Waals surface area contributed by atoms with Crippen molar-refractivity contribution in [3.63, 3.8) is 0 Å². The third kappa shape index (κ3) is 7.76. The molecule has 5 nitrogen and oxygen atoms in total. The minimum atomic E-state index is 0. The Kier molecular flexibility index (Phi) is 10.3. The molecule has 1 heterocycles. The van der Waals surface area contributed by atoms with Crippen LogP contribution in [0.4, 0.5) is 0 Å². The van der Waals surface area contributed by atoms with E-state index in [9.17, 15) is 0 Å². The van der Waals surface area contributed by atoms with E-state index in [-0.39, 0.29) is 30.0 Å². The standard InChI is InChI=1S/C20H31N5.HI/c1-16(2)15-18-7-9-19(10-8-18)17(3)24-20(21-4)22-11-5-13-25-14-6-12-23-25;/h6-10,12,14,16-17H,5,11,13,15H2,1-4H3,(H2,21,22,24);1H. The summed E-state index contributed by atoms with van der Waals surface area (Å²) in [6, 6.07) is 11.0. The molecular formula is C20H32IN5. The van der Waals surface area contributed by atoms with Crippen LogP contribution in [0.3, 0.4) is 0 Å². The smallest absolute Gasteiger partial charge is 0.191 e. The molecule has 0 aliphatic heterocycles. The second-order valence-corrected chi connectivity index (χ2v) is 6.83. The molecule has 144 valence electrons. The van der Waals surface area contributed by atoms with Gasteiger partial charge in [0, 0.05) is 32.5 Å². The third-order valence-corrected chi connectivity index (χ3v) is 4.12. The van der Waals surface area contributed by atoms with Crippen molar-refractivity contribution >= 4 is 29.9 Å². The Morgan fingerprint density at radius 1 is 1.19 bits per heavy atom. The summed E-state index contributed by atoms with van der Waals surface area (Å²) in [6.07, 6.45) is 5.92. The first-order valence-corrected chi connectivity index (χ1v) is 9.12. The van der Waals surface area contributed by atoms with Crippen molar-refractivity contribution in [3.05, 3.63) is 53.9 Å². The van der Waals surface area contributed by atoms with Crippen LogP contribution in [0.2, 0.25) is 0 Å². The fraction of sp³-hybridized carbons (Fsp3) is 0.500. The van der Waals surface area contributed by atoms with Gasteiger partial charge in [-0.1, -0.05) is 38.1 Å². The van der Waals surface area contributed by atoms with Gasteiger partial charge in [-0.15, -0.1) is 24.0 Å². The van der Waals surface area contributed by atoms with Crippen LogP contribution in [0, 0.1) is 5.92 Å². The predicted molar refractivity (Wildman–Crippen MR) is 120 cm³/mol. The first kappa shape index (κ1) is 22.5. The lowest BCUT2D eigenvalue weighted by atomic mass is 10.00.